The molecule has 1 aromatic rings. The van der Waals surface area contributed by atoms with Gasteiger partial charge in [0.05, 0.1) is 30.1 Å². The number of likely N-dealkylation sites (tertiary alicyclic amines) is 1. The Morgan fingerprint density at radius 3 is 2.48 bits per heavy atom. The van der Waals surface area contributed by atoms with Crippen molar-refractivity contribution < 1.29 is 24.2 Å². The van der Waals surface area contributed by atoms with Gasteiger partial charge in [0.15, 0.2) is 0 Å². The number of nitrogens with zero attached hydrogens (tertiary/aromatic N) is 1. The van der Waals surface area contributed by atoms with Crippen LogP contribution in [0.1, 0.15) is 39.7 Å². The largest absolute Gasteiger partial charge is 0.394 e. The summed E-state index contributed by atoms with van der Waals surface area (Å²) in [6.45, 7) is 7.33. The van der Waals surface area contributed by atoms with Gasteiger partial charge in [0.1, 0.15) is 11.6 Å². The molecule has 3 aliphatic rings. The molecule has 3 unspecified atom stereocenters. The maximum atomic E-state index is 14.0. The lowest BCUT2D eigenvalue weighted by molar-refractivity contribution is -0.150. The van der Waals surface area contributed by atoms with E-state index in [1.807, 2.05) is 58.0 Å². The number of benzene rings is 1. The third-order valence-electron chi connectivity index (χ3n) is 7.88. The molecule has 3 N–H and O–H groups in total. The molecule has 3 saturated heterocycles. The van der Waals surface area contributed by atoms with Gasteiger partial charge in [-0.3, -0.25) is 14.4 Å². The predicted octanol–water partition coefficient (Wildman–Crippen LogP) is 0.871. The Hall–Kier alpha value is -2.45. The summed E-state index contributed by atoms with van der Waals surface area (Å²) in [5.74, 6) is -2.34. The second-order valence-corrected chi connectivity index (χ2v) is 10.3. The van der Waals surface area contributed by atoms with Gasteiger partial charge in [-0.05, 0) is 45.1 Å². The minimum Gasteiger partial charge on any atom is -0.394 e. The van der Waals surface area contributed by atoms with Crippen LogP contribution in [0.25, 0.3) is 0 Å². The van der Waals surface area contributed by atoms with Crippen molar-refractivity contribution >= 4 is 17.7 Å². The SMILES string of the molecule is CNC(=O)[C@H]1[C@H]2C(=O)N([C@@H](CO)Cc3ccccc3)C(C(=O)NC(C)C)C23CC(C)[C@]1(C)O3. The van der Waals surface area contributed by atoms with Crippen LogP contribution in [-0.2, 0) is 25.5 Å². The summed E-state index contributed by atoms with van der Waals surface area (Å²) in [5, 5.41) is 16.0. The summed E-state index contributed by atoms with van der Waals surface area (Å²) in [6.07, 6.45) is 0.901. The Morgan fingerprint density at radius 1 is 1.24 bits per heavy atom. The molecule has 3 heterocycles. The predicted molar refractivity (Wildman–Crippen MR) is 122 cm³/mol. The molecule has 3 amide bonds. The van der Waals surface area contributed by atoms with Crippen molar-refractivity contribution in [2.45, 2.75) is 69.9 Å². The highest BCUT2D eigenvalue weighted by molar-refractivity contribution is 5.99. The van der Waals surface area contributed by atoms with Gasteiger partial charge in [-0.15, -0.1) is 0 Å². The fourth-order valence-electron chi connectivity index (χ4n) is 6.43. The number of ether oxygens (including phenoxy) is 1. The van der Waals surface area contributed by atoms with Crippen LogP contribution in [0.5, 0.6) is 0 Å². The lowest BCUT2D eigenvalue weighted by atomic mass is 9.62. The van der Waals surface area contributed by atoms with Gasteiger partial charge in [0.25, 0.3) is 0 Å². The number of rotatable bonds is 7. The van der Waals surface area contributed by atoms with E-state index in [0.29, 0.717) is 12.8 Å². The number of aliphatic hydroxyl groups excluding tert-OH is 1. The second-order valence-electron chi connectivity index (χ2n) is 10.3. The number of carbonyl (C=O) groups is 3. The molecule has 3 fully saturated rings. The van der Waals surface area contributed by atoms with E-state index in [0.717, 1.165) is 5.56 Å². The zero-order valence-corrected chi connectivity index (χ0v) is 20.0. The first kappa shape index (κ1) is 23.7. The van der Waals surface area contributed by atoms with Crippen LogP contribution in [0.2, 0.25) is 0 Å². The monoisotopic (exact) mass is 457 g/mol. The van der Waals surface area contributed by atoms with Crippen molar-refractivity contribution in [1.82, 2.24) is 15.5 Å². The molecule has 0 aliphatic carbocycles. The zero-order chi connectivity index (χ0) is 24.1. The number of nitrogens with one attached hydrogen (secondary N) is 2. The summed E-state index contributed by atoms with van der Waals surface area (Å²) < 4.78 is 6.61. The van der Waals surface area contributed by atoms with E-state index >= 15 is 0 Å². The minimum absolute atomic E-state index is 0.0140. The Labute approximate surface area is 195 Å². The van der Waals surface area contributed by atoms with Gasteiger partial charge in [-0.2, -0.15) is 0 Å². The van der Waals surface area contributed by atoms with Gasteiger partial charge in [0, 0.05) is 13.1 Å². The molecule has 0 aromatic heterocycles. The molecular formula is C25H35N3O5. The summed E-state index contributed by atoms with van der Waals surface area (Å²) in [6, 6.07) is 7.92. The minimum atomic E-state index is -1.11. The molecule has 0 radical (unpaired) electrons. The topological polar surface area (TPSA) is 108 Å². The van der Waals surface area contributed by atoms with Crippen molar-refractivity contribution in [1.29, 1.82) is 0 Å². The van der Waals surface area contributed by atoms with Crippen LogP contribution >= 0.6 is 0 Å². The van der Waals surface area contributed by atoms with Gasteiger partial charge in [-0.25, -0.2) is 0 Å². The number of amides is 3. The average Bonchev–Trinajstić information content (AvgIpc) is 3.28. The highest BCUT2D eigenvalue weighted by atomic mass is 16.5. The number of carbonyl (C=O) groups excluding carboxylic acids is 3. The summed E-state index contributed by atoms with van der Waals surface area (Å²) in [7, 11) is 1.56. The molecule has 1 spiro atoms. The molecule has 8 nitrogen and oxygen atoms in total. The van der Waals surface area contributed by atoms with Gasteiger partial charge in [0.2, 0.25) is 17.7 Å². The fraction of sp³-hybridized carbons (Fsp3) is 0.640. The molecule has 1 aromatic carbocycles. The van der Waals surface area contributed by atoms with Crippen molar-refractivity contribution in [2.75, 3.05) is 13.7 Å². The standard InChI is InChI=1S/C25H35N3O5/c1-14(2)27-22(31)20-25-12-15(3)24(4,33-25)18(21(30)26-5)19(25)23(32)28(20)17(13-29)11-16-9-7-6-8-10-16/h6-10,14-15,17-20,29H,11-13H2,1-5H3,(H,26,30)(H,27,31)/t15?,17-,18-,19+,20?,24+,25?/m1/s1. The molecule has 180 valence electrons. The van der Waals surface area contributed by atoms with E-state index < -0.39 is 35.1 Å². The van der Waals surface area contributed by atoms with Crippen LogP contribution in [0, 0.1) is 17.8 Å². The molecule has 33 heavy (non-hydrogen) atoms. The zero-order valence-electron chi connectivity index (χ0n) is 20.0. The van der Waals surface area contributed by atoms with Crippen molar-refractivity contribution in [3.05, 3.63) is 35.9 Å². The Bertz CT molecular complexity index is 937. The first-order valence-corrected chi connectivity index (χ1v) is 11.8. The maximum Gasteiger partial charge on any atom is 0.246 e. The van der Waals surface area contributed by atoms with Gasteiger partial charge < -0.3 is 25.4 Å². The van der Waals surface area contributed by atoms with E-state index in [4.69, 9.17) is 4.74 Å². The highest BCUT2D eigenvalue weighted by Gasteiger charge is 2.80. The normalized spacial score (nSPS) is 35.6. The number of aliphatic hydroxyl groups is 1. The molecule has 2 bridgehead atoms. The molecule has 0 saturated carbocycles. The van der Waals surface area contributed by atoms with Crippen LogP contribution in [0.15, 0.2) is 30.3 Å². The fourth-order valence-corrected chi connectivity index (χ4v) is 6.43. The molecular weight excluding hydrogens is 422 g/mol. The summed E-state index contributed by atoms with van der Waals surface area (Å²) in [5.41, 5.74) is -0.988. The Balaban J connectivity index is 1.81. The third-order valence-corrected chi connectivity index (χ3v) is 7.88. The third kappa shape index (κ3) is 3.46. The van der Waals surface area contributed by atoms with Gasteiger partial charge in [-0.1, -0.05) is 37.3 Å². The van der Waals surface area contributed by atoms with Crippen molar-refractivity contribution in [3.63, 3.8) is 0 Å². The van der Waals surface area contributed by atoms with E-state index in [2.05, 4.69) is 10.6 Å². The number of hydrogen-bond donors (Lipinski definition) is 3. The smallest absolute Gasteiger partial charge is 0.246 e. The van der Waals surface area contributed by atoms with Crippen molar-refractivity contribution in [2.24, 2.45) is 17.8 Å². The Kier molecular flexibility index (Phi) is 6.03. The van der Waals surface area contributed by atoms with E-state index in [1.54, 1.807) is 7.05 Å². The summed E-state index contributed by atoms with van der Waals surface area (Å²) in [4.78, 5) is 42.2. The number of fused-ring (bicyclic) bond motifs is 1. The first-order chi connectivity index (χ1) is 15.6. The molecule has 3 aliphatic heterocycles. The van der Waals surface area contributed by atoms with Crippen LogP contribution in [0.3, 0.4) is 0 Å². The van der Waals surface area contributed by atoms with E-state index in [-0.39, 0.29) is 36.3 Å². The van der Waals surface area contributed by atoms with Crippen molar-refractivity contribution in [3.8, 4) is 0 Å². The van der Waals surface area contributed by atoms with Gasteiger partial charge >= 0.3 is 0 Å². The first-order valence-electron chi connectivity index (χ1n) is 11.8. The Morgan fingerprint density at radius 2 is 1.91 bits per heavy atom. The van der Waals surface area contributed by atoms with Crippen LogP contribution in [0.4, 0.5) is 0 Å². The lowest BCUT2D eigenvalue weighted by Gasteiger charge is -2.37. The second kappa shape index (κ2) is 8.40. The van der Waals surface area contributed by atoms with Crippen LogP contribution in [-0.4, -0.2) is 70.7 Å². The molecule has 8 heteroatoms. The van der Waals surface area contributed by atoms with Crippen LogP contribution < -0.4 is 10.6 Å². The molecule has 4 rings (SSSR count). The molecule has 7 atom stereocenters. The highest BCUT2D eigenvalue weighted by Crippen LogP contribution is 2.65. The quantitative estimate of drug-likeness (QED) is 0.563. The van der Waals surface area contributed by atoms with E-state index in [1.165, 1.54) is 4.90 Å². The summed E-state index contributed by atoms with van der Waals surface area (Å²) >= 11 is 0. The van der Waals surface area contributed by atoms with E-state index in [9.17, 15) is 19.5 Å². The maximum absolute atomic E-state index is 14.0. The lowest BCUT2D eigenvalue weighted by Crippen LogP contribution is -2.59. The average molecular weight is 458 g/mol. The number of hydrogen-bond acceptors (Lipinski definition) is 5.